The third kappa shape index (κ3) is 5.36. The molecular formula is C20H22ClN3O4. The van der Waals surface area contributed by atoms with Gasteiger partial charge in [-0.15, -0.1) is 0 Å². The Morgan fingerprint density at radius 3 is 2.39 bits per heavy atom. The second kappa shape index (κ2) is 9.75. The number of morpholine rings is 1. The van der Waals surface area contributed by atoms with Gasteiger partial charge in [0.2, 0.25) is 0 Å². The fourth-order valence-corrected chi connectivity index (χ4v) is 3.35. The van der Waals surface area contributed by atoms with Gasteiger partial charge in [0.15, 0.2) is 5.78 Å². The highest BCUT2D eigenvalue weighted by Gasteiger charge is 2.22. The molecule has 0 saturated carbocycles. The summed E-state index contributed by atoms with van der Waals surface area (Å²) < 4.78 is 5.45. The minimum atomic E-state index is -0.481. The number of ketones is 1. The first-order valence-corrected chi connectivity index (χ1v) is 9.48. The highest BCUT2D eigenvalue weighted by molar-refractivity contribution is 6.30. The molecule has 1 heterocycles. The van der Waals surface area contributed by atoms with Crippen LogP contribution in [0.2, 0.25) is 5.02 Å². The zero-order valence-corrected chi connectivity index (χ0v) is 16.1. The van der Waals surface area contributed by atoms with Crippen molar-refractivity contribution >= 4 is 23.1 Å². The van der Waals surface area contributed by atoms with Crippen LogP contribution in [0.1, 0.15) is 22.0 Å². The smallest absolute Gasteiger partial charge is 0.269 e. The molecule has 7 nitrogen and oxygen atoms in total. The summed E-state index contributed by atoms with van der Waals surface area (Å²) in [6.07, 6.45) is 0. The van der Waals surface area contributed by atoms with Gasteiger partial charge in [0, 0.05) is 48.4 Å². The Balaban J connectivity index is 1.61. The van der Waals surface area contributed by atoms with Gasteiger partial charge in [0.05, 0.1) is 24.7 Å². The molecule has 1 fully saturated rings. The molecule has 148 valence electrons. The van der Waals surface area contributed by atoms with Crippen LogP contribution in [0.4, 0.5) is 5.69 Å². The van der Waals surface area contributed by atoms with Crippen molar-refractivity contribution in [3.63, 3.8) is 0 Å². The number of nitro groups is 1. The molecule has 0 aliphatic carbocycles. The summed E-state index contributed by atoms with van der Waals surface area (Å²) in [5, 5.41) is 14.6. The molecule has 0 bridgehead atoms. The monoisotopic (exact) mass is 403 g/mol. The summed E-state index contributed by atoms with van der Waals surface area (Å²) >= 11 is 6.01. The third-order valence-corrected chi connectivity index (χ3v) is 5.02. The second-order valence-corrected chi connectivity index (χ2v) is 7.01. The molecule has 0 aromatic heterocycles. The van der Waals surface area contributed by atoms with E-state index in [4.69, 9.17) is 16.3 Å². The number of non-ortho nitro benzene ring substituents is 1. The van der Waals surface area contributed by atoms with E-state index in [1.165, 1.54) is 24.3 Å². The average Bonchev–Trinajstić information content (AvgIpc) is 2.72. The molecule has 1 aliphatic heterocycles. The summed E-state index contributed by atoms with van der Waals surface area (Å²) in [5.74, 6) is -0.105. The molecular weight excluding hydrogens is 382 g/mol. The van der Waals surface area contributed by atoms with Gasteiger partial charge in [-0.25, -0.2) is 0 Å². The van der Waals surface area contributed by atoms with Crippen LogP contribution in [0.5, 0.6) is 0 Å². The van der Waals surface area contributed by atoms with Crippen LogP contribution in [0, 0.1) is 10.1 Å². The van der Waals surface area contributed by atoms with Gasteiger partial charge >= 0.3 is 0 Å². The number of nitrogens with one attached hydrogen (secondary N) is 1. The Hall–Kier alpha value is -2.32. The lowest BCUT2D eigenvalue weighted by molar-refractivity contribution is -0.384. The van der Waals surface area contributed by atoms with Crippen LogP contribution in [0.15, 0.2) is 48.5 Å². The van der Waals surface area contributed by atoms with Crippen molar-refractivity contribution < 1.29 is 14.5 Å². The second-order valence-electron chi connectivity index (χ2n) is 6.57. The number of rotatable bonds is 8. The Labute approximate surface area is 168 Å². The van der Waals surface area contributed by atoms with Crippen LogP contribution < -0.4 is 5.32 Å². The van der Waals surface area contributed by atoms with E-state index in [9.17, 15) is 14.9 Å². The number of carbonyl (C=O) groups excluding carboxylic acids is 1. The standard InChI is InChI=1S/C20H22ClN3O4/c21-17-5-1-15(2-6-17)19(23-9-11-28-12-10-23)13-22-14-20(25)16-3-7-18(8-4-16)24(26)27/h1-8,19,22H,9-14H2. The predicted molar refractivity (Wildman–Crippen MR) is 107 cm³/mol. The summed E-state index contributed by atoms with van der Waals surface area (Å²) in [6, 6.07) is 13.5. The van der Waals surface area contributed by atoms with Crippen molar-refractivity contribution in [1.82, 2.24) is 10.2 Å². The minimum Gasteiger partial charge on any atom is -0.379 e. The number of hydrogen-bond acceptors (Lipinski definition) is 6. The van der Waals surface area contributed by atoms with Crippen LogP contribution in [0.25, 0.3) is 0 Å². The summed E-state index contributed by atoms with van der Waals surface area (Å²) in [6.45, 7) is 3.78. The highest BCUT2D eigenvalue weighted by atomic mass is 35.5. The number of nitrogens with zero attached hydrogens (tertiary/aromatic N) is 2. The number of ether oxygens (including phenoxy) is 1. The van der Waals surface area contributed by atoms with Crippen LogP contribution in [-0.4, -0.2) is 55.0 Å². The Morgan fingerprint density at radius 1 is 1.14 bits per heavy atom. The van der Waals surface area contributed by atoms with Gasteiger partial charge < -0.3 is 10.1 Å². The van der Waals surface area contributed by atoms with E-state index in [2.05, 4.69) is 10.2 Å². The Bertz CT molecular complexity index is 805. The van der Waals surface area contributed by atoms with Gasteiger partial charge in [0.1, 0.15) is 0 Å². The number of carbonyl (C=O) groups is 1. The number of benzene rings is 2. The van der Waals surface area contributed by atoms with Crippen LogP contribution in [-0.2, 0) is 4.74 Å². The van der Waals surface area contributed by atoms with Crippen molar-refractivity contribution in [2.75, 3.05) is 39.4 Å². The quantitative estimate of drug-likeness (QED) is 0.414. The lowest BCUT2D eigenvalue weighted by atomic mass is 10.0. The van der Waals surface area contributed by atoms with Crippen LogP contribution in [0.3, 0.4) is 0 Å². The molecule has 2 aromatic rings. The molecule has 28 heavy (non-hydrogen) atoms. The zero-order chi connectivity index (χ0) is 19.9. The van der Waals surface area contributed by atoms with E-state index in [1.54, 1.807) is 0 Å². The lowest BCUT2D eigenvalue weighted by Gasteiger charge is -2.35. The molecule has 0 spiro atoms. The summed E-state index contributed by atoms with van der Waals surface area (Å²) in [4.78, 5) is 25.0. The molecule has 2 aromatic carbocycles. The van der Waals surface area contributed by atoms with Gasteiger partial charge in [-0.1, -0.05) is 23.7 Å². The van der Waals surface area contributed by atoms with Gasteiger partial charge in [0.25, 0.3) is 5.69 Å². The predicted octanol–water partition coefficient (Wildman–Crippen LogP) is 3.09. The maximum absolute atomic E-state index is 12.4. The van der Waals surface area contributed by atoms with Gasteiger partial charge in [-0.05, 0) is 29.8 Å². The van der Waals surface area contributed by atoms with Gasteiger partial charge in [-0.3, -0.25) is 19.8 Å². The summed E-state index contributed by atoms with van der Waals surface area (Å²) in [7, 11) is 0. The Kier molecular flexibility index (Phi) is 7.11. The van der Waals surface area contributed by atoms with Crippen LogP contribution >= 0.6 is 11.6 Å². The van der Waals surface area contributed by atoms with Crippen molar-refractivity contribution in [3.05, 3.63) is 74.8 Å². The zero-order valence-electron chi connectivity index (χ0n) is 15.3. The van der Waals surface area contributed by atoms with E-state index in [0.717, 1.165) is 18.7 Å². The van der Waals surface area contributed by atoms with E-state index >= 15 is 0 Å². The number of Topliss-reactive ketones (excluding diaryl/α,β-unsaturated/α-hetero) is 1. The molecule has 1 saturated heterocycles. The molecule has 1 atom stereocenters. The third-order valence-electron chi connectivity index (χ3n) is 4.76. The average molecular weight is 404 g/mol. The molecule has 8 heteroatoms. The molecule has 1 unspecified atom stereocenters. The van der Waals surface area contributed by atoms with Crippen molar-refractivity contribution in [2.24, 2.45) is 0 Å². The fourth-order valence-electron chi connectivity index (χ4n) is 3.23. The molecule has 0 radical (unpaired) electrons. The first-order valence-electron chi connectivity index (χ1n) is 9.10. The largest absolute Gasteiger partial charge is 0.379 e. The summed E-state index contributed by atoms with van der Waals surface area (Å²) in [5.41, 5.74) is 1.55. The number of halogens is 1. The first-order chi connectivity index (χ1) is 13.5. The SMILES string of the molecule is O=C(CNCC(c1ccc(Cl)cc1)N1CCOCC1)c1ccc([N+](=O)[O-])cc1. The fraction of sp³-hybridized carbons (Fsp3) is 0.350. The van der Waals surface area contributed by atoms with Crippen molar-refractivity contribution in [3.8, 4) is 0 Å². The van der Waals surface area contributed by atoms with E-state index in [1.807, 2.05) is 24.3 Å². The van der Waals surface area contributed by atoms with Crippen molar-refractivity contribution in [2.45, 2.75) is 6.04 Å². The number of hydrogen-bond donors (Lipinski definition) is 1. The maximum atomic E-state index is 12.4. The highest BCUT2D eigenvalue weighted by Crippen LogP contribution is 2.23. The minimum absolute atomic E-state index is 0.0281. The molecule has 0 amide bonds. The van der Waals surface area contributed by atoms with Crippen molar-refractivity contribution in [1.29, 1.82) is 0 Å². The normalized spacial score (nSPS) is 15.9. The molecule has 1 N–H and O–H groups in total. The topological polar surface area (TPSA) is 84.7 Å². The molecule has 3 rings (SSSR count). The van der Waals surface area contributed by atoms with E-state index < -0.39 is 4.92 Å². The van der Waals surface area contributed by atoms with E-state index in [-0.39, 0.29) is 24.1 Å². The maximum Gasteiger partial charge on any atom is 0.269 e. The van der Waals surface area contributed by atoms with E-state index in [0.29, 0.717) is 30.3 Å². The first kappa shape index (κ1) is 20.4. The molecule has 1 aliphatic rings. The van der Waals surface area contributed by atoms with Gasteiger partial charge in [-0.2, -0.15) is 0 Å². The lowest BCUT2D eigenvalue weighted by Crippen LogP contribution is -2.43. The number of nitro benzene ring substituents is 1. The Morgan fingerprint density at radius 2 is 1.79 bits per heavy atom.